The van der Waals surface area contributed by atoms with Gasteiger partial charge in [-0.15, -0.1) is 0 Å². The third kappa shape index (κ3) is 5.57. The van der Waals surface area contributed by atoms with E-state index in [1.807, 2.05) is 25.1 Å². The molecule has 2 aromatic carbocycles. The van der Waals surface area contributed by atoms with Crippen molar-refractivity contribution >= 4 is 5.91 Å². The molecule has 0 atom stereocenters. The molecule has 0 heterocycles. The van der Waals surface area contributed by atoms with E-state index < -0.39 is 11.7 Å². The number of rotatable bonds is 8. The van der Waals surface area contributed by atoms with Crippen molar-refractivity contribution < 1.29 is 13.9 Å². The van der Waals surface area contributed by atoms with Crippen molar-refractivity contribution in [1.29, 1.82) is 0 Å². The summed E-state index contributed by atoms with van der Waals surface area (Å²) in [5, 5.41) is 3.41. The van der Waals surface area contributed by atoms with Gasteiger partial charge in [0.1, 0.15) is 5.75 Å². The highest BCUT2D eigenvalue weighted by molar-refractivity contribution is 5.92. The monoisotopic (exact) mass is 344 g/mol. The van der Waals surface area contributed by atoms with Crippen molar-refractivity contribution in [1.82, 2.24) is 5.32 Å². The molecule has 3 N–H and O–H groups in total. The second kappa shape index (κ2) is 8.62. The second-order valence-corrected chi connectivity index (χ2v) is 6.57. The lowest BCUT2D eigenvalue weighted by Gasteiger charge is -2.12. The molecule has 2 aromatic rings. The third-order valence-electron chi connectivity index (χ3n) is 3.90. The predicted octanol–water partition coefficient (Wildman–Crippen LogP) is 4.16. The number of benzene rings is 2. The number of aryl methyl sites for hydroxylation is 1. The van der Waals surface area contributed by atoms with Crippen LogP contribution in [0.25, 0.3) is 0 Å². The molecule has 0 aliphatic rings. The van der Waals surface area contributed by atoms with E-state index in [9.17, 15) is 9.18 Å². The number of nitrogens with one attached hydrogen (secondary N) is 1. The molecule has 4 nitrogen and oxygen atoms in total. The van der Waals surface area contributed by atoms with E-state index in [4.69, 9.17) is 10.5 Å². The lowest BCUT2D eigenvalue weighted by atomic mass is 10.1. The Hall–Kier alpha value is -2.40. The fraction of sp³-hybridized carbons (Fsp3) is 0.350. The number of halogens is 1. The number of amides is 1. The van der Waals surface area contributed by atoms with E-state index in [1.165, 1.54) is 12.1 Å². The molecule has 0 aliphatic heterocycles. The SMILES string of the molecule is Cc1cc(CNCCC(C)C)ccc1Oc1ccc(C(N)=O)cc1F. The zero-order valence-corrected chi connectivity index (χ0v) is 14.9. The van der Waals surface area contributed by atoms with Crippen LogP contribution >= 0.6 is 0 Å². The van der Waals surface area contributed by atoms with Crippen molar-refractivity contribution in [2.75, 3.05) is 6.54 Å². The number of nitrogens with two attached hydrogens (primary N) is 1. The molecule has 0 bridgehead atoms. The minimum atomic E-state index is -0.670. The third-order valence-corrected chi connectivity index (χ3v) is 3.90. The molecule has 1 amide bonds. The number of carbonyl (C=O) groups excluding carboxylic acids is 1. The summed E-state index contributed by atoms with van der Waals surface area (Å²) in [7, 11) is 0. The minimum Gasteiger partial charge on any atom is -0.454 e. The van der Waals surface area contributed by atoms with Gasteiger partial charge in [0.2, 0.25) is 5.91 Å². The topological polar surface area (TPSA) is 64.3 Å². The van der Waals surface area contributed by atoms with Crippen LogP contribution in [0.1, 0.15) is 41.8 Å². The highest BCUT2D eigenvalue weighted by Gasteiger charge is 2.10. The molecule has 0 saturated carbocycles. The number of ether oxygens (including phenoxy) is 1. The maximum atomic E-state index is 14.0. The molecule has 0 radical (unpaired) electrons. The van der Waals surface area contributed by atoms with Crippen molar-refractivity contribution in [3.05, 3.63) is 58.9 Å². The molecule has 0 fully saturated rings. The quantitative estimate of drug-likeness (QED) is 0.707. The van der Waals surface area contributed by atoms with Gasteiger partial charge in [-0.3, -0.25) is 4.79 Å². The van der Waals surface area contributed by atoms with E-state index in [2.05, 4.69) is 19.2 Å². The Labute approximate surface area is 148 Å². The molecule has 0 aromatic heterocycles. The zero-order valence-electron chi connectivity index (χ0n) is 14.9. The molecular weight excluding hydrogens is 319 g/mol. The molecule has 25 heavy (non-hydrogen) atoms. The summed E-state index contributed by atoms with van der Waals surface area (Å²) in [6, 6.07) is 9.75. The van der Waals surface area contributed by atoms with Gasteiger partial charge in [-0.25, -0.2) is 4.39 Å². The summed E-state index contributed by atoms with van der Waals surface area (Å²) in [5.41, 5.74) is 7.32. The summed E-state index contributed by atoms with van der Waals surface area (Å²) >= 11 is 0. The molecular formula is C20H25FN2O2. The van der Waals surface area contributed by atoms with Crippen molar-refractivity contribution in [2.24, 2.45) is 11.7 Å². The van der Waals surface area contributed by atoms with Crippen LogP contribution in [0.15, 0.2) is 36.4 Å². The van der Waals surface area contributed by atoms with Gasteiger partial charge in [-0.2, -0.15) is 0 Å². The number of hydrogen-bond acceptors (Lipinski definition) is 3. The summed E-state index contributed by atoms with van der Waals surface area (Å²) in [5.74, 6) is 0.0412. The summed E-state index contributed by atoms with van der Waals surface area (Å²) in [4.78, 5) is 11.1. The van der Waals surface area contributed by atoms with Gasteiger partial charge in [0, 0.05) is 12.1 Å². The van der Waals surface area contributed by atoms with Crippen molar-refractivity contribution in [2.45, 2.75) is 33.7 Å². The van der Waals surface area contributed by atoms with Gasteiger partial charge in [-0.05, 0) is 61.2 Å². The normalized spacial score (nSPS) is 10.9. The number of primary amides is 1. The first-order valence-corrected chi connectivity index (χ1v) is 8.44. The Morgan fingerprint density at radius 1 is 1.20 bits per heavy atom. The average molecular weight is 344 g/mol. The minimum absolute atomic E-state index is 0.0657. The Morgan fingerprint density at radius 3 is 2.52 bits per heavy atom. The van der Waals surface area contributed by atoms with Gasteiger partial charge in [0.05, 0.1) is 0 Å². The molecule has 0 aliphatic carbocycles. The van der Waals surface area contributed by atoms with Gasteiger partial charge in [-0.1, -0.05) is 26.0 Å². The summed E-state index contributed by atoms with van der Waals surface area (Å²) in [6.45, 7) is 8.09. The van der Waals surface area contributed by atoms with Crippen LogP contribution < -0.4 is 15.8 Å². The van der Waals surface area contributed by atoms with E-state index >= 15 is 0 Å². The van der Waals surface area contributed by atoms with Crippen LogP contribution in [0.3, 0.4) is 0 Å². The Bertz CT molecular complexity index is 744. The lowest BCUT2D eigenvalue weighted by molar-refractivity contribution is 0.1000. The van der Waals surface area contributed by atoms with Gasteiger partial charge < -0.3 is 15.8 Å². The second-order valence-electron chi connectivity index (χ2n) is 6.57. The van der Waals surface area contributed by atoms with Crippen LogP contribution in [-0.2, 0) is 6.54 Å². The summed E-state index contributed by atoms with van der Waals surface area (Å²) < 4.78 is 19.7. The van der Waals surface area contributed by atoms with Crippen LogP contribution in [0.5, 0.6) is 11.5 Å². The van der Waals surface area contributed by atoms with Crippen LogP contribution in [0, 0.1) is 18.7 Å². The van der Waals surface area contributed by atoms with E-state index in [0.717, 1.165) is 36.7 Å². The molecule has 0 saturated heterocycles. The predicted molar refractivity (Wildman–Crippen MR) is 97.3 cm³/mol. The average Bonchev–Trinajstić information content (AvgIpc) is 2.55. The molecule has 134 valence electrons. The van der Waals surface area contributed by atoms with Crippen LogP contribution in [-0.4, -0.2) is 12.5 Å². The summed E-state index contributed by atoms with van der Waals surface area (Å²) in [6.07, 6.45) is 1.14. The number of carbonyl (C=O) groups is 1. The maximum Gasteiger partial charge on any atom is 0.248 e. The van der Waals surface area contributed by atoms with Gasteiger partial charge >= 0.3 is 0 Å². The van der Waals surface area contributed by atoms with Crippen LogP contribution in [0.4, 0.5) is 4.39 Å². The standard InChI is InChI=1S/C20H25FN2O2/c1-13(2)8-9-23-12-15-4-6-18(14(3)10-15)25-19-7-5-16(20(22)24)11-17(19)21/h4-7,10-11,13,23H,8-9,12H2,1-3H3,(H2,22,24). The maximum absolute atomic E-state index is 14.0. The fourth-order valence-electron chi connectivity index (χ4n) is 2.41. The smallest absolute Gasteiger partial charge is 0.248 e. The molecule has 0 unspecified atom stereocenters. The zero-order chi connectivity index (χ0) is 18.4. The Kier molecular flexibility index (Phi) is 6.53. The van der Waals surface area contributed by atoms with Crippen molar-refractivity contribution in [3.8, 4) is 11.5 Å². The van der Waals surface area contributed by atoms with E-state index in [-0.39, 0.29) is 11.3 Å². The van der Waals surface area contributed by atoms with Gasteiger partial charge in [0.25, 0.3) is 0 Å². The fourth-order valence-corrected chi connectivity index (χ4v) is 2.41. The first-order chi connectivity index (χ1) is 11.9. The Morgan fingerprint density at radius 2 is 1.92 bits per heavy atom. The van der Waals surface area contributed by atoms with E-state index in [1.54, 1.807) is 0 Å². The first kappa shape index (κ1) is 18.9. The largest absolute Gasteiger partial charge is 0.454 e. The number of hydrogen-bond donors (Lipinski definition) is 2. The highest BCUT2D eigenvalue weighted by Crippen LogP contribution is 2.28. The Balaban J connectivity index is 2.02. The first-order valence-electron chi connectivity index (χ1n) is 8.44. The van der Waals surface area contributed by atoms with Gasteiger partial charge in [0.15, 0.2) is 11.6 Å². The van der Waals surface area contributed by atoms with E-state index in [0.29, 0.717) is 11.7 Å². The van der Waals surface area contributed by atoms with Crippen LogP contribution in [0.2, 0.25) is 0 Å². The lowest BCUT2D eigenvalue weighted by Crippen LogP contribution is -2.16. The molecule has 2 rings (SSSR count). The molecule has 5 heteroatoms. The van der Waals surface area contributed by atoms with Crippen molar-refractivity contribution in [3.63, 3.8) is 0 Å². The highest BCUT2D eigenvalue weighted by atomic mass is 19.1. The molecule has 0 spiro atoms.